The van der Waals surface area contributed by atoms with Crippen molar-refractivity contribution in [2.75, 3.05) is 59.5 Å². The Morgan fingerprint density at radius 3 is 0.672 bits per heavy atom. The molecule has 0 aromatic heterocycles. The van der Waals surface area contributed by atoms with E-state index in [1.807, 2.05) is 122 Å². The second-order valence-corrected chi connectivity index (χ2v) is 15.7. The fourth-order valence-electron chi connectivity index (χ4n) is 9.03. The summed E-state index contributed by atoms with van der Waals surface area (Å²) in [6.45, 7) is 20.2. The van der Waals surface area contributed by atoms with Gasteiger partial charge in [0.25, 0.3) is 17.7 Å². The van der Waals surface area contributed by atoms with Gasteiger partial charge in [0.2, 0.25) is 0 Å². The normalized spacial score (nSPS) is 16.0. The highest BCUT2D eigenvalue weighted by atomic mass is 28.2. The van der Waals surface area contributed by atoms with Crippen LogP contribution in [0.4, 0.5) is 0 Å². The van der Waals surface area contributed by atoms with Gasteiger partial charge in [-0.05, 0) is 97.1 Å². The molecule has 3 unspecified atom stereocenters. The van der Waals surface area contributed by atoms with Gasteiger partial charge in [-0.25, -0.2) is 0 Å². The molecule has 0 N–H and O–H groups in total. The van der Waals surface area contributed by atoms with Crippen LogP contribution in [-0.4, -0.2) is 113 Å². The van der Waals surface area contributed by atoms with Crippen molar-refractivity contribution in [3.63, 3.8) is 0 Å². The Kier molecular flexibility index (Phi) is 20.6. The maximum atomic E-state index is 7.49. The highest BCUT2D eigenvalue weighted by molar-refractivity contribution is 6.10. The summed E-state index contributed by atoms with van der Waals surface area (Å²) in [5, 5.41) is 0. The van der Waals surface area contributed by atoms with Crippen LogP contribution < -0.4 is 0 Å². The summed E-state index contributed by atoms with van der Waals surface area (Å²) in [6, 6.07) is 32.3. The molecule has 326 valence electrons. The van der Waals surface area contributed by atoms with Gasteiger partial charge in [-0.15, -0.1) is 4.90 Å². The Bertz CT molecular complexity index is 1360. The van der Waals surface area contributed by atoms with E-state index in [2.05, 4.69) is 36.4 Å². The molecule has 0 aliphatic heterocycles. The number of hydrogen-bond donors (Lipinski definition) is 0. The summed E-state index contributed by atoms with van der Waals surface area (Å²) in [4.78, 5) is 2.00. The van der Waals surface area contributed by atoms with Gasteiger partial charge in [-0.3, -0.25) is 0 Å². The zero-order valence-electron chi connectivity index (χ0n) is 37.8. The molecular weight excluding hydrogens is 783 g/mol. The minimum absolute atomic E-state index is 0.212. The Hall–Kier alpha value is -2.09. The molecule has 3 aromatic carbocycles. The Labute approximate surface area is 359 Å². The van der Waals surface area contributed by atoms with Crippen LogP contribution in [0.25, 0.3) is 0 Å². The molecule has 0 fully saturated rings. The summed E-state index contributed by atoms with van der Waals surface area (Å²) >= 11 is 0. The van der Waals surface area contributed by atoms with Crippen LogP contribution >= 0.6 is 0 Å². The van der Waals surface area contributed by atoms with Crippen LogP contribution in [0.2, 0.25) is 18.1 Å². The van der Waals surface area contributed by atoms with E-state index in [1.165, 1.54) is 0 Å². The molecule has 0 saturated heterocycles. The SMILES string of the molecule is CCOC(C[SiH3])(c1ccccc1)C(OCC)(OCC)N(C(OCC)(OCC)C(C[SiH3])(OCC)c1ccccc1)C(OCC)(OCC)C(C[SiH3])(OCC)c1ccccc1. The van der Waals surface area contributed by atoms with Crippen molar-refractivity contribution in [1.82, 2.24) is 4.90 Å². The third kappa shape index (κ3) is 8.94. The lowest BCUT2D eigenvalue weighted by Gasteiger charge is -2.67. The molecule has 0 saturated carbocycles. The summed E-state index contributed by atoms with van der Waals surface area (Å²) in [5.74, 6) is -5.73. The fraction of sp³-hybridized carbons (Fsp3) is 0.600. The number of benzene rings is 3. The van der Waals surface area contributed by atoms with Crippen molar-refractivity contribution >= 4 is 30.7 Å². The average Bonchev–Trinajstić information content (AvgIpc) is 3.25. The van der Waals surface area contributed by atoms with E-state index in [0.717, 1.165) is 16.7 Å². The molecule has 3 rings (SSSR count). The molecule has 58 heavy (non-hydrogen) atoms. The lowest BCUT2D eigenvalue weighted by Crippen LogP contribution is -2.86. The van der Waals surface area contributed by atoms with Crippen molar-refractivity contribution in [1.29, 1.82) is 0 Å². The van der Waals surface area contributed by atoms with E-state index in [-0.39, 0.29) is 39.6 Å². The smallest absolute Gasteiger partial charge is 0.273 e. The molecular formula is C45H75NO9Si3. The first-order valence-corrected chi connectivity index (χ1v) is 26.1. The van der Waals surface area contributed by atoms with Crippen molar-refractivity contribution in [2.45, 2.75) is 115 Å². The predicted octanol–water partition coefficient (Wildman–Crippen LogP) is 5.62. The first kappa shape index (κ1) is 50.3. The minimum atomic E-state index is -1.91. The standard InChI is InChI=1S/C45H75NO9Si3/c1-10-47-40(34-56,37-28-22-19-23-29-37)43(50-13-4,51-14-5)46(44(52-15-6,53-16-7)41(35-57,48-11-2)38-30-24-20-25-31-38)45(54-17-8,55-18-9)42(36-58,49-12-3)39-32-26-21-27-33-39/h19-33H,10-18,34-36H2,1-9,56-58H3. The zero-order valence-corrected chi connectivity index (χ0v) is 43.8. The summed E-state index contributed by atoms with van der Waals surface area (Å²) in [7, 11) is 2.04. The highest BCUT2D eigenvalue weighted by Crippen LogP contribution is 2.61. The number of rotatable bonds is 30. The quantitative estimate of drug-likeness (QED) is 0.0623. The van der Waals surface area contributed by atoms with Crippen molar-refractivity contribution in [3.8, 4) is 0 Å². The molecule has 0 heterocycles. The van der Waals surface area contributed by atoms with Crippen molar-refractivity contribution in [2.24, 2.45) is 0 Å². The van der Waals surface area contributed by atoms with E-state index in [9.17, 15) is 0 Å². The largest absolute Gasteiger partial charge is 0.364 e. The van der Waals surface area contributed by atoms with E-state index < -0.39 is 34.5 Å². The fourth-order valence-corrected chi connectivity index (χ4v) is 12.2. The van der Waals surface area contributed by atoms with E-state index in [4.69, 9.17) is 42.6 Å². The lowest BCUT2D eigenvalue weighted by molar-refractivity contribution is -0.572. The van der Waals surface area contributed by atoms with Crippen LogP contribution in [0, 0.1) is 0 Å². The van der Waals surface area contributed by atoms with E-state index >= 15 is 0 Å². The van der Waals surface area contributed by atoms with Gasteiger partial charge in [0, 0.05) is 90.2 Å². The monoisotopic (exact) mass is 857 g/mol. The molecule has 3 atom stereocenters. The van der Waals surface area contributed by atoms with Gasteiger partial charge in [0.1, 0.15) is 0 Å². The van der Waals surface area contributed by atoms with Crippen LogP contribution in [-0.2, 0) is 59.4 Å². The van der Waals surface area contributed by atoms with Gasteiger partial charge in [-0.2, -0.15) is 0 Å². The molecule has 0 aliphatic carbocycles. The second kappa shape index (κ2) is 23.8. The van der Waals surface area contributed by atoms with Gasteiger partial charge in [0.15, 0.2) is 16.8 Å². The third-order valence-electron chi connectivity index (χ3n) is 10.8. The number of ether oxygens (including phenoxy) is 9. The predicted molar refractivity (Wildman–Crippen MR) is 243 cm³/mol. The summed E-state index contributed by atoms with van der Waals surface area (Å²) in [5.41, 5.74) is -1.37. The van der Waals surface area contributed by atoms with Crippen LogP contribution in [0.3, 0.4) is 0 Å². The summed E-state index contributed by atoms with van der Waals surface area (Å²) < 4.78 is 66.9. The molecule has 3 aromatic rings. The maximum absolute atomic E-state index is 7.49. The Morgan fingerprint density at radius 1 is 0.328 bits per heavy atom. The third-order valence-corrected chi connectivity index (χ3v) is 13.8. The number of hydrogen-bond acceptors (Lipinski definition) is 10. The zero-order chi connectivity index (χ0) is 42.8. The molecule has 0 amide bonds. The van der Waals surface area contributed by atoms with Crippen molar-refractivity contribution in [3.05, 3.63) is 108 Å². The first-order valence-electron chi connectivity index (χ1n) is 21.9. The van der Waals surface area contributed by atoms with Crippen LogP contribution in [0.5, 0.6) is 0 Å². The highest BCUT2D eigenvalue weighted by Gasteiger charge is 2.79. The van der Waals surface area contributed by atoms with E-state index in [1.54, 1.807) is 0 Å². The average molecular weight is 858 g/mol. The minimum Gasteiger partial charge on any atom is -0.364 e. The van der Waals surface area contributed by atoms with Gasteiger partial charge < -0.3 is 42.6 Å². The summed E-state index contributed by atoms with van der Waals surface area (Å²) in [6.07, 6.45) is 0. The molecule has 0 radical (unpaired) electrons. The molecule has 0 aliphatic rings. The molecule has 0 spiro atoms. The molecule has 13 heteroatoms. The maximum Gasteiger partial charge on any atom is 0.273 e. The Balaban J connectivity index is 3.06. The van der Waals surface area contributed by atoms with Gasteiger partial charge >= 0.3 is 0 Å². The first-order chi connectivity index (χ1) is 28.2. The molecule has 0 bridgehead atoms. The van der Waals surface area contributed by atoms with Crippen molar-refractivity contribution < 1.29 is 42.6 Å². The van der Waals surface area contributed by atoms with Crippen LogP contribution in [0.15, 0.2) is 91.0 Å². The van der Waals surface area contributed by atoms with Gasteiger partial charge in [-0.1, -0.05) is 91.0 Å². The van der Waals surface area contributed by atoms with Gasteiger partial charge in [0.05, 0.1) is 0 Å². The lowest BCUT2D eigenvalue weighted by atomic mass is 9.81. The van der Waals surface area contributed by atoms with Crippen LogP contribution in [0.1, 0.15) is 79.0 Å². The van der Waals surface area contributed by atoms with E-state index in [0.29, 0.717) is 68.7 Å². The molecule has 10 nitrogen and oxygen atoms in total. The Morgan fingerprint density at radius 2 is 0.517 bits per heavy atom. The second-order valence-electron chi connectivity index (χ2n) is 13.6. The topological polar surface area (TPSA) is 86.3 Å². The number of nitrogens with zero attached hydrogens (tertiary/aromatic N) is 1.